The Morgan fingerprint density at radius 3 is 2.38 bits per heavy atom. The molecule has 1 aliphatic heterocycles. The normalized spacial score (nSPS) is 23.1. The van der Waals surface area contributed by atoms with Crippen molar-refractivity contribution in [2.24, 2.45) is 11.7 Å². The van der Waals surface area contributed by atoms with E-state index >= 15 is 0 Å². The minimum Gasteiger partial charge on any atom is -0.414 e. The van der Waals surface area contributed by atoms with Crippen LogP contribution in [0.15, 0.2) is 24.0 Å². The fraction of sp³-hybridized carbons (Fsp3) is 0.750. The number of nitrogens with two attached hydrogens (primary N) is 1. The highest BCUT2D eigenvalue weighted by atomic mass is 28.4. The van der Waals surface area contributed by atoms with Gasteiger partial charge in [0, 0.05) is 5.92 Å². The van der Waals surface area contributed by atoms with E-state index < -0.39 is 14.0 Å². The first kappa shape index (κ1) is 18.3. The van der Waals surface area contributed by atoms with Crippen molar-refractivity contribution < 1.29 is 9.16 Å². The molecule has 0 aliphatic carbocycles. The third-order valence-corrected chi connectivity index (χ3v) is 9.13. The average Bonchev–Trinajstić information content (AvgIpc) is 2.35. The predicted octanol–water partition coefficient (Wildman–Crippen LogP) is 3.34. The highest BCUT2D eigenvalue weighted by molar-refractivity contribution is 6.74. The smallest absolute Gasteiger partial charge is 0.192 e. The van der Waals surface area contributed by atoms with Crippen LogP contribution in [-0.4, -0.2) is 27.3 Å². The SMILES string of the molecule is CC(C)C1(OCCO[Si](C)(C)C(C)(C)C)NC=CC=C1N. The van der Waals surface area contributed by atoms with Gasteiger partial charge in [-0.05, 0) is 36.5 Å². The van der Waals surface area contributed by atoms with E-state index in [1.54, 1.807) is 0 Å². The van der Waals surface area contributed by atoms with Crippen LogP contribution in [-0.2, 0) is 9.16 Å². The Hall–Kier alpha value is -0.783. The Labute approximate surface area is 130 Å². The van der Waals surface area contributed by atoms with Gasteiger partial charge in [-0.1, -0.05) is 34.6 Å². The van der Waals surface area contributed by atoms with Crippen molar-refractivity contribution in [3.63, 3.8) is 0 Å². The van der Waals surface area contributed by atoms with Crippen molar-refractivity contribution >= 4 is 8.32 Å². The van der Waals surface area contributed by atoms with E-state index in [9.17, 15) is 0 Å². The molecule has 0 spiro atoms. The van der Waals surface area contributed by atoms with Crippen LogP contribution < -0.4 is 11.1 Å². The lowest BCUT2D eigenvalue weighted by atomic mass is 9.94. The van der Waals surface area contributed by atoms with Gasteiger partial charge in [-0.15, -0.1) is 0 Å². The van der Waals surface area contributed by atoms with Crippen LogP contribution in [0.5, 0.6) is 0 Å². The summed E-state index contributed by atoms with van der Waals surface area (Å²) in [7, 11) is -1.72. The Morgan fingerprint density at radius 1 is 1.29 bits per heavy atom. The molecule has 0 aromatic carbocycles. The standard InChI is InChI=1S/C16H32N2O2Si/c1-13(2)16(14(17)9-8-10-18-16)19-11-12-20-21(6,7)15(3,4)5/h8-10,13,18H,11-12,17H2,1-7H3. The third kappa shape index (κ3) is 4.11. The summed E-state index contributed by atoms with van der Waals surface area (Å²) in [5, 5.41) is 3.49. The largest absolute Gasteiger partial charge is 0.414 e. The van der Waals surface area contributed by atoms with E-state index in [2.05, 4.69) is 53.0 Å². The molecule has 1 rings (SSSR count). The van der Waals surface area contributed by atoms with Crippen LogP contribution in [0.1, 0.15) is 34.6 Å². The van der Waals surface area contributed by atoms with Crippen molar-refractivity contribution in [2.45, 2.75) is 58.5 Å². The number of dihydropyridines is 1. The molecule has 0 amide bonds. The quantitative estimate of drug-likeness (QED) is 0.583. The van der Waals surface area contributed by atoms with Crippen molar-refractivity contribution in [3.8, 4) is 0 Å². The molecule has 21 heavy (non-hydrogen) atoms. The van der Waals surface area contributed by atoms with E-state index in [-0.39, 0.29) is 11.0 Å². The Balaban J connectivity index is 2.58. The topological polar surface area (TPSA) is 56.5 Å². The van der Waals surface area contributed by atoms with Crippen LogP contribution in [0.4, 0.5) is 0 Å². The second-order valence-corrected chi connectivity index (χ2v) is 12.3. The zero-order chi connectivity index (χ0) is 16.3. The minimum absolute atomic E-state index is 0.216. The minimum atomic E-state index is -1.72. The summed E-state index contributed by atoms with van der Waals surface area (Å²) >= 11 is 0. The Kier molecular flexibility index (Phi) is 5.69. The van der Waals surface area contributed by atoms with Gasteiger partial charge in [0.05, 0.1) is 18.9 Å². The van der Waals surface area contributed by atoms with Crippen LogP contribution in [0.3, 0.4) is 0 Å². The summed E-state index contributed by atoms with van der Waals surface area (Å²) in [5.74, 6) is 0.228. The Morgan fingerprint density at radius 2 is 1.90 bits per heavy atom. The van der Waals surface area contributed by atoms with Crippen molar-refractivity contribution in [2.75, 3.05) is 13.2 Å². The van der Waals surface area contributed by atoms with Gasteiger partial charge in [-0.25, -0.2) is 0 Å². The summed E-state index contributed by atoms with van der Waals surface area (Å²) < 4.78 is 12.2. The van der Waals surface area contributed by atoms with E-state index in [1.807, 2.05) is 18.4 Å². The van der Waals surface area contributed by atoms with Crippen LogP contribution in [0.25, 0.3) is 0 Å². The number of ether oxygens (including phenoxy) is 1. The first-order chi connectivity index (χ1) is 9.53. The van der Waals surface area contributed by atoms with Crippen molar-refractivity contribution in [3.05, 3.63) is 24.0 Å². The first-order valence-corrected chi connectivity index (χ1v) is 10.6. The number of allylic oxidation sites excluding steroid dienone is 2. The molecule has 0 aromatic heterocycles. The second kappa shape index (κ2) is 6.54. The highest BCUT2D eigenvalue weighted by Gasteiger charge is 2.39. The van der Waals surface area contributed by atoms with Crippen LogP contribution in [0.2, 0.25) is 18.1 Å². The zero-order valence-electron chi connectivity index (χ0n) is 14.6. The molecule has 4 nitrogen and oxygen atoms in total. The molecule has 0 bridgehead atoms. The van der Waals surface area contributed by atoms with Crippen molar-refractivity contribution in [1.82, 2.24) is 5.32 Å². The summed E-state index contributed by atoms with van der Waals surface area (Å²) in [5.41, 5.74) is 6.24. The monoisotopic (exact) mass is 312 g/mol. The summed E-state index contributed by atoms with van der Waals surface area (Å²) in [6.45, 7) is 16.5. The van der Waals surface area contributed by atoms with Gasteiger partial charge in [-0.3, -0.25) is 0 Å². The average molecular weight is 313 g/mol. The summed E-state index contributed by atoms with van der Waals surface area (Å²) in [6.07, 6.45) is 5.67. The fourth-order valence-corrected chi connectivity index (χ4v) is 3.07. The lowest BCUT2D eigenvalue weighted by Gasteiger charge is -2.40. The molecule has 1 aliphatic rings. The van der Waals surface area contributed by atoms with Crippen LogP contribution >= 0.6 is 0 Å². The van der Waals surface area contributed by atoms with Gasteiger partial charge < -0.3 is 20.2 Å². The predicted molar refractivity (Wildman–Crippen MR) is 91.2 cm³/mol. The third-order valence-electron chi connectivity index (χ3n) is 4.59. The van der Waals surface area contributed by atoms with Gasteiger partial charge in [0.1, 0.15) is 0 Å². The summed E-state index contributed by atoms with van der Waals surface area (Å²) in [6, 6.07) is 0. The van der Waals surface area contributed by atoms with Gasteiger partial charge >= 0.3 is 0 Å². The van der Waals surface area contributed by atoms with Crippen LogP contribution in [0, 0.1) is 5.92 Å². The van der Waals surface area contributed by atoms with E-state index in [1.165, 1.54) is 0 Å². The van der Waals surface area contributed by atoms with E-state index in [0.717, 1.165) is 0 Å². The molecule has 0 aromatic rings. The molecular formula is C16H32N2O2Si. The molecule has 1 atom stereocenters. The number of hydrogen-bond donors (Lipinski definition) is 2. The van der Waals surface area contributed by atoms with Gasteiger partial charge in [0.2, 0.25) is 0 Å². The fourth-order valence-electron chi connectivity index (χ4n) is 2.04. The van der Waals surface area contributed by atoms with E-state index in [0.29, 0.717) is 18.9 Å². The highest BCUT2D eigenvalue weighted by Crippen LogP contribution is 2.36. The summed E-state index contributed by atoms with van der Waals surface area (Å²) in [4.78, 5) is 0. The van der Waals surface area contributed by atoms with Gasteiger partial charge in [0.15, 0.2) is 14.0 Å². The molecule has 0 fully saturated rings. The van der Waals surface area contributed by atoms with Crippen molar-refractivity contribution in [1.29, 1.82) is 0 Å². The second-order valence-electron chi connectivity index (χ2n) is 7.47. The first-order valence-electron chi connectivity index (χ1n) is 7.71. The molecule has 0 radical (unpaired) electrons. The van der Waals surface area contributed by atoms with E-state index in [4.69, 9.17) is 14.9 Å². The number of rotatable bonds is 6. The molecule has 3 N–H and O–H groups in total. The molecule has 1 unspecified atom stereocenters. The molecule has 122 valence electrons. The lowest BCUT2D eigenvalue weighted by molar-refractivity contribution is -0.0768. The number of hydrogen-bond acceptors (Lipinski definition) is 4. The lowest BCUT2D eigenvalue weighted by Crippen LogP contribution is -2.55. The molecule has 0 saturated heterocycles. The molecule has 5 heteroatoms. The number of nitrogens with one attached hydrogen (secondary N) is 1. The zero-order valence-corrected chi connectivity index (χ0v) is 15.6. The molecule has 1 heterocycles. The molecule has 0 saturated carbocycles. The van der Waals surface area contributed by atoms with Gasteiger partial charge in [-0.2, -0.15) is 0 Å². The Bertz CT molecular complexity index is 411. The maximum absolute atomic E-state index is 6.15. The maximum Gasteiger partial charge on any atom is 0.192 e. The van der Waals surface area contributed by atoms with Gasteiger partial charge in [0.25, 0.3) is 0 Å². The maximum atomic E-state index is 6.15. The molecular weight excluding hydrogens is 280 g/mol.